The lowest BCUT2D eigenvalue weighted by Crippen LogP contribution is -2.24. The topological polar surface area (TPSA) is 89.1 Å². The molecular weight excluding hydrogens is 484 g/mol. The number of aromatic amines is 1. The van der Waals surface area contributed by atoms with Gasteiger partial charge in [-0.3, -0.25) is 9.89 Å². The molecule has 7 nitrogen and oxygen atoms in total. The third kappa shape index (κ3) is 4.71. The van der Waals surface area contributed by atoms with Crippen LogP contribution in [0.4, 0.5) is 0 Å². The monoisotopic (exact) mass is 508 g/mol. The van der Waals surface area contributed by atoms with Crippen molar-refractivity contribution in [3.63, 3.8) is 0 Å². The molecule has 8 heteroatoms. The second kappa shape index (κ2) is 10.0. The number of ether oxygens (including phenoxy) is 2. The number of hydrogen-bond donors (Lipinski definition) is 2. The Morgan fingerprint density at radius 3 is 2.45 bits per heavy atom. The third-order valence-corrected chi connectivity index (χ3v) is 5.93. The van der Waals surface area contributed by atoms with Crippen molar-refractivity contribution in [1.29, 1.82) is 0 Å². The predicted molar refractivity (Wildman–Crippen MR) is 133 cm³/mol. The summed E-state index contributed by atoms with van der Waals surface area (Å²) in [6, 6.07) is 15.2. The van der Waals surface area contributed by atoms with Crippen LogP contribution < -0.4 is 14.8 Å². The van der Waals surface area contributed by atoms with Crippen LogP contribution in [0.15, 0.2) is 53.0 Å². The van der Waals surface area contributed by atoms with Crippen molar-refractivity contribution in [1.82, 2.24) is 20.5 Å². The van der Waals surface area contributed by atoms with Crippen LogP contribution in [0.3, 0.4) is 0 Å². The fraction of sp³-hybridized carbons (Fsp3) is 0.240. The maximum Gasteiger partial charge on any atom is 0.252 e. The number of aromatic nitrogens is 3. The van der Waals surface area contributed by atoms with Gasteiger partial charge in [-0.15, -0.1) is 0 Å². The number of pyridine rings is 1. The Morgan fingerprint density at radius 1 is 1.03 bits per heavy atom. The standard InChI is InChI=1S/C25H25BrN4O3/c1-4-5-12-27-25(31)18-14-19(16-8-11-20(32-2)21(13-16)33-3)28-24-22(18)23(29-30-24)15-6-9-17(26)10-7-15/h6-11,13-14H,4-5,12H2,1-3H3,(H,27,31)(H,28,29,30). The second-order valence-electron chi connectivity index (χ2n) is 7.54. The molecule has 0 spiro atoms. The van der Waals surface area contributed by atoms with Crippen molar-refractivity contribution in [3.8, 4) is 34.0 Å². The first-order chi connectivity index (χ1) is 16.0. The summed E-state index contributed by atoms with van der Waals surface area (Å²) in [7, 11) is 3.18. The first-order valence-electron chi connectivity index (χ1n) is 10.7. The number of carbonyl (C=O) groups is 1. The lowest BCUT2D eigenvalue weighted by atomic mass is 10.0. The van der Waals surface area contributed by atoms with Crippen LogP contribution in [0.25, 0.3) is 33.5 Å². The second-order valence-corrected chi connectivity index (χ2v) is 8.45. The molecule has 4 aromatic rings. The van der Waals surface area contributed by atoms with Crippen LogP contribution in [0.2, 0.25) is 0 Å². The average Bonchev–Trinajstić information content (AvgIpc) is 3.27. The minimum Gasteiger partial charge on any atom is -0.493 e. The van der Waals surface area contributed by atoms with Gasteiger partial charge in [0.2, 0.25) is 0 Å². The van der Waals surface area contributed by atoms with Gasteiger partial charge in [0.25, 0.3) is 5.91 Å². The van der Waals surface area contributed by atoms with E-state index in [0.29, 0.717) is 40.3 Å². The first-order valence-corrected chi connectivity index (χ1v) is 11.5. The fourth-order valence-corrected chi connectivity index (χ4v) is 3.91. The van der Waals surface area contributed by atoms with E-state index in [2.05, 4.69) is 38.4 Å². The van der Waals surface area contributed by atoms with Crippen LogP contribution in [0, 0.1) is 0 Å². The number of amides is 1. The maximum atomic E-state index is 13.2. The Bertz CT molecular complexity index is 1290. The maximum absolute atomic E-state index is 13.2. The summed E-state index contributed by atoms with van der Waals surface area (Å²) >= 11 is 3.47. The molecule has 0 saturated heterocycles. The van der Waals surface area contributed by atoms with Crippen molar-refractivity contribution >= 4 is 32.9 Å². The lowest BCUT2D eigenvalue weighted by molar-refractivity contribution is 0.0955. The summed E-state index contributed by atoms with van der Waals surface area (Å²) in [5.41, 5.74) is 4.09. The number of nitrogens with zero attached hydrogens (tertiary/aromatic N) is 2. The van der Waals surface area contributed by atoms with Gasteiger partial charge in [-0.1, -0.05) is 41.4 Å². The number of benzene rings is 2. The van der Waals surface area contributed by atoms with Crippen LogP contribution >= 0.6 is 15.9 Å². The van der Waals surface area contributed by atoms with E-state index in [9.17, 15) is 4.79 Å². The van der Waals surface area contributed by atoms with E-state index in [1.54, 1.807) is 14.2 Å². The molecule has 0 fully saturated rings. The Labute approximate surface area is 200 Å². The molecule has 0 saturated carbocycles. The summed E-state index contributed by atoms with van der Waals surface area (Å²) in [6.07, 6.45) is 1.91. The quantitative estimate of drug-likeness (QED) is 0.302. The zero-order valence-electron chi connectivity index (χ0n) is 18.7. The smallest absolute Gasteiger partial charge is 0.252 e. The van der Waals surface area contributed by atoms with Gasteiger partial charge in [-0.05, 0) is 42.8 Å². The largest absolute Gasteiger partial charge is 0.493 e. The molecule has 0 aliphatic heterocycles. The van der Waals surface area contributed by atoms with Crippen molar-refractivity contribution in [2.45, 2.75) is 19.8 Å². The van der Waals surface area contributed by atoms with Gasteiger partial charge < -0.3 is 14.8 Å². The van der Waals surface area contributed by atoms with Crippen LogP contribution in [0.1, 0.15) is 30.1 Å². The molecule has 33 heavy (non-hydrogen) atoms. The van der Waals surface area contributed by atoms with Crippen LogP contribution in [-0.4, -0.2) is 41.9 Å². The third-order valence-electron chi connectivity index (χ3n) is 5.40. The zero-order valence-corrected chi connectivity index (χ0v) is 20.3. The molecule has 0 bridgehead atoms. The number of rotatable bonds is 8. The number of nitrogens with one attached hydrogen (secondary N) is 2. The van der Waals surface area contributed by atoms with E-state index in [-0.39, 0.29) is 5.91 Å². The number of unbranched alkanes of at least 4 members (excludes halogenated alkanes) is 1. The van der Waals surface area contributed by atoms with E-state index in [1.165, 1.54) is 0 Å². The van der Waals surface area contributed by atoms with Gasteiger partial charge in [0.1, 0.15) is 0 Å². The Hall–Kier alpha value is -3.39. The zero-order chi connectivity index (χ0) is 23.4. The van der Waals surface area contributed by atoms with Gasteiger partial charge in [-0.25, -0.2) is 4.98 Å². The van der Waals surface area contributed by atoms with E-state index in [0.717, 1.165) is 34.1 Å². The van der Waals surface area contributed by atoms with Crippen LogP contribution in [-0.2, 0) is 0 Å². The highest BCUT2D eigenvalue weighted by Gasteiger charge is 2.20. The number of halogens is 1. The summed E-state index contributed by atoms with van der Waals surface area (Å²) in [6.45, 7) is 2.70. The van der Waals surface area contributed by atoms with Crippen LogP contribution in [0.5, 0.6) is 11.5 Å². The summed E-state index contributed by atoms with van der Waals surface area (Å²) in [4.78, 5) is 18.0. The highest BCUT2D eigenvalue weighted by Crippen LogP contribution is 2.35. The van der Waals surface area contributed by atoms with Gasteiger partial charge >= 0.3 is 0 Å². The van der Waals surface area contributed by atoms with Crippen molar-refractivity contribution in [3.05, 3.63) is 58.6 Å². The molecule has 0 aliphatic rings. The highest BCUT2D eigenvalue weighted by atomic mass is 79.9. The predicted octanol–water partition coefficient (Wildman–Crippen LogP) is 5.60. The summed E-state index contributed by atoms with van der Waals surface area (Å²) in [5, 5.41) is 11.2. The van der Waals surface area contributed by atoms with Gasteiger partial charge in [0.05, 0.1) is 36.6 Å². The molecule has 170 valence electrons. The number of methoxy groups -OCH3 is 2. The Morgan fingerprint density at radius 2 is 1.76 bits per heavy atom. The van der Waals surface area contributed by atoms with Gasteiger partial charge in [0, 0.05) is 22.1 Å². The van der Waals surface area contributed by atoms with Gasteiger partial charge in [-0.2, -0.15) is 5.10 Å². The molecule has 0 radical (unpaired) electrons. The summed E-state index contributed by atoms with van der Waals surface area (Å²) in [5.74, 6) is 1.05. The number of H-pyrrole nitrogens is 1. The highest BCUT2D eigenvalue weighted by molar-refractivity contribution is 9.10. The average molecular weight is 509 g/mol. The molecule has 1 amide bonds. The Balaban J connectivity index is 1.87. The van der Waals surface area contributed by atoms with E-state index < -0.39 is 0 Å². The number of carbonyl (C=O) groups excluding carboxylic acids is 1. The number of hydrogen-bond acceptors (Lipinski definition) is 5. The normalized spacial score (nSPS) is 10.9. The first kappa shape index (κ1) is 22.8. The van der Waals surface area contributed by atoms with E-state index >= 15 is 0 Å². The van der Waals surface area contributed by atoms with Crippen molar-refractivity contribution in [2.24, 2.45) is 0 Å². The van der Waals surface area contributed by atoms with E-state index in [1.807, 2.05) is 48.5 Å². The summed E-state index contributed by atoms with van der Waals surface area (Å²) < 4.78 is 11.8. The molecule has 0 aliphatic carbocycles. The molecular formula is C25H25BrN4O3. The lowest BCUT2D eigenvalue weighted by Gasteiger charge is -2.12. The molecule has 0 unspecified atom stereocenters. The molecule has 2 aromatic heterocycles. The molecule has 2 aromatic carbocycles. The molecule has 2 N–H and O–H groups in total. The number of fused-ring (bicyclic) bond motifs is 1. The van der Waals surface area contributed by atoms with Gasteiger partial charge in [0.15, 0.2) is 17.1 Å². The molecule has 0 atom stereocenters. The minimum atomic E-state index is -0.155. The minimum absolute atomic E-state index is 0.155. The molecule has 2 heterocycles. The molecule has 4 rings (SSSR count). The van der Waals surface area contributed by atoms with Crippen molar-refractivity contribution in [2.75, 3.05) is 20.8 Å². The Kier molecular flexibility index (Phi) is 6.93. The van der Waals surface area contributed by atoms with E-state index in [4.69, 9.17) is 14.5 Å². The SMILES string of the molecule is CCCCNC(=O)c1cc(-c2ccc(OC)c(OC)c2)nc2n[nH]c(-c3ccc(Br)cc3)c12. The van der Waals surface area contributed by atoms with Crippen molar-refractivity contribution < 1.29 is 14.3 Å². The fourth-order valence-electron chi connectivity index (χ4n) is 3.65.